The van der Waals surface area contributed by atoms with Crippen LogP contribution in [-0.2, 0) is 6.61 Å². The molecule has 1 aromatic heterocycles. The molecule has 0 unspecified atom stereocenters. The van der Waals surface area contributed by atoms with E-state index in [0.717, 1.165) is 36.8 Å². The SMILES string of the molecule is COc1cc(/C=N\NC(=O)c2ccc(-c3csc(Nc4ccc(C)cc4)n3)cc2)cc(I)c1OCc1ccccc1C#N. The monoisotopic (exact) mass is 699 g/mol. The number of rotatable bonds is 10. The fourth-order valence-electron chi connectivity index (χ4n) is 4.11. The molecule has 10 heteroatoms. The largest absolute Gasteiger partial charge is 0.493 e. The van der Waals surface area contributed by atoms with Gasteiger partial charge in [0.2, 0.25) is 0 Å². The topological polar surface area (TPSA) is 109 Å². The van der Waals surface area contributed by atoms with Gasteiger partial charge >= 0.3 is 0 Å². The Morgan fingerprint density at radius 2 is 1.86 bits per heavy atom. The fraction of sp³-hybridized carbons (Fsp3) is 0.0909. The number of amides is 1. The molecule has 0 saturated heterocycles. The number of hydrogen-bond donors (Lipinski definition) is 2. The summed E-state index contributed by atoms with van der Waals surface area (Å²) in [6.07, 6.45) is 1.55. The second-order valence-electron chi connectivity index (χ2n) is 9.40. The smallest absolute Gasteiger partial charge is 0.271 e. The van der Waals surface area contributed by atoms with Gasteiger partial charge in [0.25, 0.3) is 5.91 Å². The molecule has 5 rings (SSSR count). The van der Waals surface area contributed by atoms with Crippen LogP contribution in [0.25, 0.3) is 11.3 Å². The van der Waals surface area contributed by atoms with Crippen LogP contribution in [0, 0.1) is 21.8 Å². The number of methoxy groups -OCH3 is 1. The van der Waals surface area contributed by atoms with E-state index in [4.69, 9.17) is 9.47 Å². The highest BCUT2D eigenvalue weighted by Gasteiger charge is 2.13. The van der Waals surface area contributed by atoms with Gasteiger partial charge in [-0.15, -0.1) is 11.3 Å². The molecule has 2 N–H and O–H groups in total. The van der Waals surface area contributed by atoms with E-state index in [1.54, 1.807) is 37.6 Å². The van der Waals surface area contributed by atoms with Crippen LogP contribution in [0.1, 0.15) is 32.6 Å². The zero-order valence-corrected chi connectivity index (χ0v) is 26.3. The summed E-state index contributed by atoms with van der Waals surface area (Å²) in [5.41, 5.74) is 9.04. The Morgan fingerprint density at radius 1 is 1.09 bits per heavy atom. The molecular formula is C33H26IN5O3S. The molecule has 0 spiro atoms. The minimum atomic E-state index is -0.333. The molecule has 0 radical (unpaired) electrons. The van der Waals surface area contributed by atoms with Crippen LogP contribution >= 0.6 is 33.9 Å². The van der Waals surface area contributed by atoms with E-state index in [2.05, 4.69) is 56.4 Å². The third-order valence-corrected chi connectivity index (χ3v) is 7.95. The van der Waals surface area contributed by atoms with Crippen molar-refractivity contribution in [1.29, 1.82) is 5.26 Å². The first kappa shape index (κ1) is 29.8. The van der Waals surface area contributed by atoms with Gasteiger partial charge in [-0.05, 0) is 77.5 Å². The number of benzene rings is 4. The van der Waals surface area contributed by atoms with Crippen LogP contribution in [0.4, 0.5) is 10.8 Å². The molecule has 0 saturated carbocycles. The number of ether oxygens (including phenoxy) is 2. The Morgan fingerprint density at radius 3 is 2.60 bits per heavy atom. The predicted molar refractivity (Wildman–Crippen MR) is 178 cm³/mol. The summed E-state index contributed by atoms with van der Waals surface area (Å²) in [4.78, 5) is 17.4. The van der Waals surface area contributed by atoms with Gasteiger partial charge in [0.1, 0.15) is 6.61 Å². The van der Waals surface area contributed by atoms with E-state index in [1.165, 1.54) is 16.9 Å². The lowest BCUT2D eigenvalue weighted by Gasteiger charge is -2.14. The van der Waals surface area contributed by atoms with Crippen LogP contribution in [0.5, 0.6) is 11.5 Å². The summed E-state index contributed by atoms with van der Waals surface area (Å²) in [5, 5.41) is 19.6. The summed E-state index contributed by atoms with van der Waals surface area (Å²) in [6.45, 7) is 2.28. The Bertz CT molecular complexity index is 1810. The molecule has 0 fully saturated rings. The maximum Gasteiger partial charge on any atom is 0.271 e. The second kappa shape index (κ2) is 14.0. The molecule has 0 aliphatic rings. The molecule has 43 heavy (non-hydrogen) atoms. The molecule has 8 nitrogen and oxygen atoms in total. The van der Waals surface area contributed by atoms with Crippen LogP contribution in [0.15, 0.2) is 95.4 Å². The van der Waals surface area contributed by atoms with Gasteiger partial charge in [0.05, 0.1) is 34.2 Å². The predicted octanol–water partition coefficient (Wildman–Crippen LogP) is 7.69. The van der Waals surface area contributed by atoms with Crippen molar-refractivity contribution in [2.75, 3.05) is 12.4 Å². The Labute approximate surface area is 267 Å². The van der Waals surface area contributed by atoms with Crippen molar-refractivity contribution in [1.82, 2.24) is 10.4 Å². The first-order valence-corrected chi connectivity index (χ1v) is 15.1. The van der Waals surface area contributed by atoms with Crippen molar-refractivity contribution in [3.8, 4) is 28.8 Å². The maximum atomic E-state index is 12.7. The summed E-state index contributed by atoms with van der Waals surface area (Å²) < 4.78 is 12.4. The first-order chi connectivity index (χ1) is 20.9. The number of nitriles is 1. The van der Waals surface area contributed by atoms with E-state index in [-0.39, 0.29) is 12.5 Å². The minimum Gasteiger partial charge on any atom is -0.493 e. The van der Waals surface area contributed by atoms with E-state index in [9.17, 15) is 10.1 Å². The number of hydrogen-bond acceptors (Lipinski definition) is 8. The van der Waals surface area contributed by atoms with Gasteiger partial charge in [-0.1, -0.05) is 48.0 Å². The lowest BCUT2D eigenvalue weighted by molar-refractivity contribution is 0.0955. The van der Waals surface area contributed by atoms with Crippen molar-refractivity contribution < 1.29 is 14.3 Å². The molecule has 1 amide bonds. The van der Waals surface area contributed by atoms with Gasteiger partial charge in [-0.2, -0.15) is 10.4 Å². The number of anilines is 2. The molecule has 214 valence electrons. The lowest BCUT2D eigenvalue weighted by atomic mass is 10.1. The van der Waals surface area contributed by atoms with E-state index in [0.29, 0.717) is 22.6 Å². The number of aryl methyl sites for hydroxylation is 1. The molecule has 0 aliphatic carbocycles. The number of thiazole rings is 1. The van der Waals surface area contributed by atoms with Crippen LogP contribution in [0.2, 0.25) is 0 Å². The average Bonchev–Trinajstić information content (AvgIpc) is 3.50. The minimum absolute atomic E-state index is 0.229. The average molecular weight is 700 g/mol. The summed E-state index contributed by atoms with van der Waals surface area (Å²) in [5.74, 6) is 0.750. The third-order valence-electron chi connectivity index (χ3n) is 6.39. The Kier molecular flexibility index (Phi) is 9.66. The van der Waals surface area contributed by atoms with Crippen LogP contribution in [-0.4, -0.2) is 24.2 Å². The summed E-state index contributed by atoms with van der Waals surface area (Å²) >= 11 is 3.68. The van der Waals surface area contributed by atoms with Crippen molar-refractivity contribution in [2.45, 2.75) is 13.5 Å². The fourth-order valence-corrected chi connectivity index (χ4v) is 5.63. The number of carbonyl (C=O) groups excluding carboxylic acids is 1. The molecule has 0 bridgehead atoms. The van der Waals surface area contributed by atoms with Gasteiger partial charge in [0.15, 0.2) is 16.6 Å². The van der Waals surface area contributed by atoms with Gasteiger partial charge in [-0.25, -0.2) is 10.4 Å². The summed E-state index contributed by atoms with van der Waals surface area (Å²) in [7, 11) is 1.56. The van der Waals surface area contributed by atoms with Crippen LogP contribution in [0.3, 0.4) is 0 Å². The number of carbonyl (C=O) groups is 1. The number of halogens is 1. The van der Waals surface area contributed by atoms with Crippen molar-refractivity contribution in [3.05, 3.63) is 122 Å². The zero-order valence-electron chi connectivity index (χ0n) is 23.3. The number of aromatic nitrogens is 1. The second-order valence-corrected chi connectivity index (χ2v) is 11.4. The normalized spacial score (nSPS) is 10.7. The standard InChI is InChI=1S/C33H26IN5O3S/c1-21-7-13-27(14-8-21)37-33-38-29(20-43-33)23-9-11-24(12-10-23)32(40)39-36-18-22-15-28(34)31(30(16-22)41-2)42-19-26-6-4-3-5-25(26)17-35/h3-16,18,20H,19H2,1-2H3,(H,37,38)(H,39,40)/b36-18-. The Hall–Kier alpha value is -4.73. The Balaban J connectivity index is 1.19. The quantitative estimate of drug-likeness (QED) is 0.0880. The summed E-state index contributed by atoms with van der Waals surface area (Å²) in [6, 6.07) is 28.5. The lowest BCUT2D eigenvalue weighted by Crippen LogP contribution is -2.17. The molecular weight excluding hydrogens is 673 g/mol. The number of nitrogens with one attached hydrogen (secondary N) is 2. The molecule has 4 aromatic carbocycles. The van der Waals surface area contributed by atoms with Crippen LogP contribution < -0.4 is 20.2 Å². The third kappa shape index (κ3) is 7.57. The van der Waals surface area contributed by atoms with E-state index < -0.39 is 0 Å². The molecule has 1 heterocycles. The van der Waals surface area contributed by atoms with Gasteiger partial charge in [0, 0.05) is 27.8 Å². The highest BCUT2D eigenvalue weighted by atomic mass is 127. The van der Waals surface area contributed by atoms with Crippen molar-refractivity contribution in [2.24, 2.45) is 5.10 Å². The van der Waals surface area contributed by atoms with Crippen molar-refractivity contribution in [3.63, 3.8) is 0 Å². The van der Waals surface area contributed by atoms with Crippen molar-refractivity contribution >= 4 is 56.9 Å². The highest BCUT2D eigenvalue weighted by molar-refractivity contribution is 14.1. The number of hydrazone groups is 1. The molecule has 0 atom stereocenters. The maximum absolute atomic E-state index is 12.7. The number of nitrogens with zero attached hydrogens (tertiary/aromatic N) is 3. The van der Waals surface area contributed by atoms with Gasteiger partial charge in [-0.3, -0.25) is 4.79 Å². The first-order valence-electron chi connectivity index (χ1n) is 13.1. The molecule has 5 aromatic rings. The van der Waals surface area contributed by atoms with E-state index >= 15 is 0 Å². The van der Waals surface area contributed by atoms with E-state index in [1.807, 2.05) is 66.0 Å². The highest BCUT2D eigenvalue weighted by Crippen LogP contribution is 2.34. The molecule has 0 aliphatic heterocycles. The van der Waals surface area contributed by atoms with Gasteiger partial charge < -0.3 is 14.8 Å². The zero-order chi connectivity index (χ0) is 30.2.